The number of hydrogen-bond donors (Lipinski definition) is 2. The molecule has 8 heteroatoms. The van der Waals surface area contributed by atoms with Crippen LogP contribution in [0, 0.1) is 28.6 Å². The van der Waals surface area contributed by atoms with E-state index in [1.54, 1.807) is 12.2 Å². The van der Waals surface area contributed by atoms with E-state index in [0.717, 1.165) is 44.6 Å². The van der Waals surface area contributed by atoms with Crippen LogP contribution in [0.15, 0.2) is 23.8 Å². The molecule has 5 aliphatic rings. The van der Waals surface area contributed by atoms with Gasteiger partial charge in [-0.05, 0) is 49.7 Å². The van der Waals surface area contributed by atoms with Crippen molar-refractivity contribution in [2.75, 3.05) is 39.3 Å². The summed E-state index contributed by atoms with van der Waals surface area (Å²) < 4.78 is 5.30. The van der Waals surface area contributed by atoms with Crippen LogP contribution in [-0.4, -0.2) is 78.3 Å². The van der Waals surface area contributed by atoms with Gasteiger partial charge in [0.05, 0.1) is 6.54 Å². The number of nitrogens with zero attached hydrogens (tertiary/aromatic N) is 1. The molecule has 8 nitrogen and oxygen atoms in total. The van der Waals surface area contributed by atoms with E-state index >= 15 is 0 Å². The van der Waals surface area contributed by atoms with Crippen molar-refractivity contribution < 1.29 is 29.0 Å². The molecule has 0 spiro atoms. The second kappa shape index (κ2) is 8.75. The smallest absolute Gasteiger partial charge is 0.320 e. The van der Waals surface area contributed by atoms with Crippen molar-refractivity contribution in [1.29, 1.82) is 0 Å². The number of carbonyl (C=O) groups is 4. The Morgan fingerprint density at radius 3 is 2.69 bits per heavy atom. The number of piperazine rings is 1. The Kier molecular flexibility index (Phi) is 6.13. The van der Waals surface area contributed by atoms with Gasteiger partial charge in [0, 0.05) is 49.3 Å². The number of ether oxygens (including phenoxy) is 1. The first-order valence-corrected chi connectivity index (χ1v) is 12.9. The molecule has 1 saturated heterocycles. The van der Waals surface area contributed by atoms with Crippen molar-refractivity contribution in [3.05, 3.63) is 23.8 Å². The van der Waals surface area contributed by atoms with Crippen molar-refractivity contribution >= 4 is 23.3 Å². The van der Waals surface area contributed by atoms with E-state index in [4.69, 9.17) is 4.74 Å². The zero-order valence-corrected chi connectivity index (χ0v) is 20.7. The first-order valence-electron chi connectivity index (χ1n) is 12.9. The lowest BCUT2D eigenvalue weighted by molar-refractivity contribution is -0.172. The summed E-state index contributed by atoms with van der Waals surface area (Å²) in [7, 11) is 0. The Bertz CT molecular complexity index is 1010. The maximum Gasteiger partial charge on any atom is 0.320 e. The van der Waals surface area contributed by atoms with E-state index in [2.05, 4.69) is 5.32 Å². The summed E-state index contributed by atoms with van der Waals surface area (Å²) in [6, 6.07) is 0. The molecule has 190 valence electrons. The second-order valence-electron chi connectivity index (χ2n) is 11.5. The van der Waals surface area contributed by atoms with Gasteiger partial charge in [0.15, 0.2) is 12.4 Å². The highest BCUT2D eigenvalue weighted by Crippen LogP contribution is 2.66. The van der Waals surface area contributed by atoms with E-state index in [9.17, 15) is 24.3 Å². The largest absolute Gasteiger partial charge is 0.457 e. The summed E-state index contributed by atoms with van der Waals surface area (Å²) in [5.74, 6) is -1.16. The Balaban J connectivity index is 1.30. The number of Topliss-reactive ketones (excluding diaryl/α,β-unsaturated/α-hetero) is 2. The van der Waals surface area contributed by atoms with Crippen molar-refractivity contribution in [3.63, 3.8) is 0 Å². The first kappa shape index (κ1) is 24.5. The third-order valence-electron chi connectivity index (χ3n) is 9.80. The minimum Gasteiger partial charge on any atom is -0.457 e. The molecule has 35 heavy (non-hydrogen) atoms. The molecule has 0 aromatic rings. The summed E-state index contributed by atoms with van der Waals surface area (Å²) in [5.41, 5.74) is -2.05. The molecule has 0 amide bonds. The van der Waals surface area contributed by atoms with Crippen LogP contribution >= 0.6 is 0 Å². The van der Waals surface area contributed by atoms with Crippen LogP contribution in [0.4, 0.5) is 0 Å². The number of fused-ring (bicyclic) bond motifs is 5. The lowest BCUT2D eigenvalue weighted by atomic mass is 9.46. The number of aliphatic hydroxyl groups is 1. The second-order valence-corrected chi connectivity index (χ2v) is 11.5. The Hall–Kier alpha value is -2.16. The maximum absolute atomic E-state index is 13.7. The van der Waals surface area contributed by atoms with E-state index in [0.29, 0.717) is 6.42 Å². The summed E-state index contributed by atoms with van der Waals surface area (Å²) in [6.07, 6.45) is 7.68. The zero-order valence-electron chi connectivity index (χ0n) is 20.7. The highest BCUT2D eigenvalue weighted by atomic mass is 16.5. The average Bonchev–Trinajstić information content (AvgIpc) is 3.09. The minimum atomic E-state index is -1.69. The minimum absolute atomic E-state index is 0.0140. The lowest BCUT2D eigenvalue weighted by Gasteiger charge is -2.56. The number of hydrogen-bond acceptors (Lipinski definition) is 8. The zero-order chi connectivity index (χ0) is 25.0. The highest BCUT2D eigenvalue weighted by Gasteiger charge is 2.68. The molecule has 1 heterocycles. The third-order valence-corrected chi connectivity index (χ3v) is 9.80. The predicted octanol–water partition coefficient (Wildman–Crippen LogP) is 1.22. The summed E-state index contributed by atoms with van der Waals surface area (Å²) >= 11 is 0. The van der Waals surface area contributed by atoms with Crippen molar-refractivity contribution in [2.24, 2.45) is 28.6 Å². The molecule has 0 aromatic carbocycles. The SMILES string of the molecule is C[C@]12C=CC(=O)C=C1CC[C@@H]1[C@@H]2C(=O)C[C@@]2(C)[C@H]1CC[C@]2(O)C(=O)COC(=O)CN1CCNCC1. The molecule has 6 atom stereocenters. The molecule has 0 bridgehead atoms. The van der Waals surface area contributed by atoms with Crippen LogP contribution in [0.25, 0.3) is 0 Å². The number of rotatable bonds is 5. The van der Waals surface area contributed by atoms with Crippen LogP contribution in [0.1, 0.15) is 46.0 Å². The molecule has 0 radical (unpaired) electrons. The summed E-state index contributed by atoms with van der Waals surface area (Å²) in [4.78, 5) is 53.2. The fourth-order valence-electron chi connectivity index (χ4n) is 7.85. The number of carbonyl (C=O) groups excluding carboxylic acids is 4. The number of allylic oxidation sites excluding steroid dienone is 4. The molecule has 2 N–H and O–H groups in total. The number of esters is 1. The molecule has 4 fully saturated rings. The van der Waals surface area contributed by atoms with Crippen LogP contribution in [-0.2, 0) is 23.9 Å². The number of nitrogens with one attached hydrogen (secondary N) is 1. The summed E-state index contributed by atoms with van der Waals surface area (Å²) in [6.45, 7) is 6.68. The fraction of sp³-hybridized carbons (Fsp3) is 0.704. The molecule has 1 aliphatic heterocycles. The van der Waals surface area contributed by atoms with Gasteiger partial charge in [0.2, 0.25) is 5.78 Å². The van der Waals surface area contributed by atoms with Gasteiger partial charge in [-0.1, -0.05) is 25.5 Å². The molecule has 0 unspecified atom stereocenters. The van der Waals surface area contributed by atoms with Crippen LogP contribution in [0.5, 0.6) is 0 Å². The van der Waals surface area contributed by atoms with Crippen LogP contribution in [0.3, 0.4) is 0 Å². The summed E-state index contributed by atoms with van der Waals surface area (Å²) in [5, 5.41) is 14.9. The molecule has 0 aromatic heterocycles. The monoisotopic (exact) mass is 484 g/mol. The molecule has 3 saturated carbocycles. The van der Waals surface area contributed by atoms with Gasteiger partial charge < -0.3 is 15.2 Å². The first-order chi connectivity index (χ1) is 16.6. The topological polar surface area (TPSA) is 113 Å². The van der Waals surface area contributed by atoms with Crippen LogP contribution < -0.4 is 5.32 Å². The normalized spacial score (nSPS) is 41.0. The molecular formula is C27H36N2O6. The Labute approximate surface area is 206 Å². The fourth-order valence-corrected chi connectivity index (χ4v) is 7.85. The van der Waals surface area contributed by atoms with Gasteiger partial charge in [0.25, 0.3) is 0 Å². The number of ketones is 3. The van der Waals surface area contributed by atoms with E-state index in [-0.39, 0.29) is 48.7 Å². The van der Waals surface area contributed by atoms with Crippen molar-refractivity contribution in [2.45, 2.75) is 51.6 Å². The van der Waals surface area contributed by atoms with E-state index in [1.165, 1.54) is 0 Å². The van der Waals surface area contributed by atoms with Gasteiger partial charge in [-0.3, -0.25) is 24.1 Å². The van der Waals surface area contributed by atoms with Crippen molar-refractivity contribution in [1.82, 2.24) is 10.2 Å². The van der Waals surface area contributed by atoms with Crippen molar-refractivity contribution in [3.8, 4) is 0 Å². The van der Waals surface area contributed by atoms with E-state index < -0.39 is 34.8 Å². The third kappa shape index (κ3) is 3.85. The Morgan fingerprint density at radius 1 is 1.20 bits per heavy atom. The predicted molar refractivity (Wildman–Crippen MR) is 127 cm³/mol. The average molecular weight is 485 g/mol. The van der Waals surface area contributed by atoms with Crippen LogP contribution in [0.2, 0.25) is 0 Å². The van der Waals surface area contributed by atoms with Gasteiger partial charge in [-0.15, -0.1) is 0 Å². The molecule has 4 aliphatic carbocycles. The van der Waals surface area contributed by atoms with Gasteiger partial charge in [0.1, 0.15) is 11.4 Å². The molecule has 5 rings (SSSR count). The van der Waals surface area contributed by atoms with Gasteiger partial charge in [-0.2, -0.15) is 0 Å². The Morgan fingerprint density at radius 2 is 1.94 bits per heavy atom. The lowest BCUT2D eigenvalue weighted by Crippen LogP contribution is -2.60. The quantitative estimate of drug-likeness (QED) is 0.560. The van der Waals surface area contributed by atoms with Gasteiger partial charge in [-0.25, -0.2) is 0 Å². The van der Waals surface area contributed by atoms with E-state index in [1.807, 2.05) is 24.8 Å². The highest BCUT2D eigenvalue weighted by molar-refractivity contribution is 6.02. The van der Waals surface area contributed by atoms with Gasteiger partial charge >= 0.3 is 5.97 Å². The maximum atomic E-state index is 13.7. The molecular weight excluding hydrogens is 448 g/mol. The standard InChI is InChI=1S/C27H36N2O6/c1-25-7-5-18(30)13-17(25)3-4-19-20-6-8-27(34,26(20,2)14-21(31)24(19)25)22(32)16-35-23(33)15-29-11-9-28-10-12-29/h5,7,13,19-20,24,28,34H,3-4,6,8-12,14-16H2,1-2H3/t19-,20-,24+,25-,26-,27-/m0/s1.